The second-order valence-electron chi connectivity index (χ2n) is 7.16. The van der Waals surface area contributed by atoms with E-state index in [-0.39, 0.29) is 5.91 Å². The number of hydrogen-bond donors (Lipinski definition) is 1. The van der Waals surface area contributed by atoms with E-state index in [2.05, 4.69) is 21.4 Å². The molecule has 2 aromatic heterocycles. The van der Waals surface area contributed by atoms with Crippen LogP contribution in [0.5, 0.6) is 0 Å². The first-order valence-electron chi connectivity index (χ1n) is 9.75. The number of nitrogens with one attached hydrogen (secondary N) is 1. The molecule has 0 unspecified atom stereocenters. The van der Waals surface area contributed by atoms with Crippen molar-refractivity contribution in [2.45, 2.75) is 12.8 Å². The van der Waals surface area contributed by atoms with Crippen LogP contribution in [0.25, 0.3) is 10.9 Å². The lowest BCUT2D eigenvalue weighted by Gasteiger charge is -2.29. The molecule has 1 N–H and O–H groups in total. The zero-order valence-electron chi connectivity index (χ0n) is 15.9. The molecule has 0 saturated carbocycles. The highest BCUT2D eigenvalue weighted by Gasteiger charge is 2.23. The van der Waals surface area contributed by atoms with E-state index in [1.807, 2.05) is 59.5 Å². The van der Waals surface area contributed by atoms with E-state index in [1.54, 1.807) is 18.6 Å². The van der Waals surface area contributed by atoms with Crippen molar-refractivity contribution in [1.82, 2.24) is 9.97 Å². The Morgan fingerprint density at radius 2 is 1.90 bits per heavy atom. The van der Waals surface area contributed by atoms with E-state index in [0.29, 0.717) is 5.56 Å². The molecular formula is C24H20N4O. The summed E-state index contributed by atoms with van der Waals surface area (Å²) in [5, 5.41) is 4.43. The topological polar surface area (TPSA) is 58.1 Å². The predicted molar refractivity (Wildman–Crippen MR) is 116 cm³/mol. The van der Waals surface area contributed by atoms with Crippen LogP contribution in [0.2, 0.25) is 0 Å². The van der Waals surface area contributed by atoms with Crippen molar-refractivity contribution < 1.29 is 4.79 Å². The van der Waals surface area contributed by atoms with Crippen LogP contribution < -0.4 is 10.2 Å². The highest BCUT2D eigenvalue weighted by atomic mass is 16.2. The van der Waals surface area contributed by atoms with Crippen molar-refractivity contribution in [2.24, 2.45) is 0 Å². The average Bonchev–Trinajstić information content (AvgIpc) is 2.79. The number of hydrogen-bond acceptors (Lipinski definition) is 4. The molecule has 1 amide bonds. The van der Waals surface area contributed by atoms with E-state index in [0.717, 1.165) is 47.4 Å². The number of nitrogens with zero attached hydrogens (tertiary/aromatic N) is 3. The fourth-order valence-corrected chi connectivity index (χ4v) is 3.89. The number of fused-ring (bicyclic) bond motifs is 2. The van der Waals surface area contributed by atoms with Gasteiger partial charge in [-0.05, 0) is 42.7 Å². The van der Waals surface area contributed by atoms with E-state index in [4.69, 9.17) is 0 Å². The second kappa shape index (κ2) is 7.36. The molecular weight excluding hydrogens is 360 g/mol. The Balaban J connectivity index is 1.45. The zero-order valence-corrected chi connectivity index (χ0v) is 15.9. The number of benzene rings is 2. The van der Waals surface area contributed by atoms with Crippen LogP contribution in [-0.2, 0) is 6.42 Å². The predicted octanol–water partition coefficient (Wildman–Crippen LogP) is 4.97. The molecule has 0 saturated heterocycles. The largest absolute Gasteiger partial charge is 0.352 e. The molecule has 0 radical (unpaired) electrons. The highest BCUT2D eigenvalue weighted by molar-refractivity contribution is 6.07. The standard InChI is InChI=1S/C24H20N4O/c29-24(28-13-5-9-17-6-1-2-11-22(17)28)19-14-20(16-25-15-19)27-21-10-3-7-18-8-4-12-26-23(18)21/h1-4,6-8,10-12,14-16,27H,5,9,13H2. The quantitative estimate of drug-likeness (QED) is 0.545. The number of aromatic nitrogens is 2. The van der Waals surface area contributed by atoms with Crippen molar-refractivity contribution in [3.05, 3.63) is 90.4 Å². The lowest BCUT2D eigenvalue weighted by molar-refractivity contribution is 0.0985. The Hall–Kier alpha value is -3.73. The van der Waals surface area contributed by atoms with Crippen LogP contribution in [0.1, 0.15) is 22.3 Å². The Bertz CT molecular complexity index is 1200. The average molecular weight is 380 g/mol. The number of aryl methyl sites for hydroxylation is 1. The van der Waals surface area contributed by atoms with Gasteiger partial charge >= 0.3 is 0 Å². The third-order valence-electron chi connectivity index (χ3n) is 5.25. The van der Waals surface area contributed by atoms with Gasteiger partial charge in [-0.15, -0.1) is 0 Å². The van der Waals surface area contributed by atoms with Gasteiger partial charge in [-0.25, -0.2) is 0 Å². The molecule has 5 rings (SSSR count). The van der Waals surface area contributed by atoms with Gasteiger partial charge in [-0.2, -0.15) is 0 Å². The van der Waals surface area contributed by atoms with Gasteiger partial charge in [0, 0.05) is 30.0 Å². The van der Waals surface area contributed by atoms with E-state index in [9.17, 15) is 4.79 Å². The lowest BCUT2D eigenvalue weighted by Crippen LogP contribution is -2.35. The Morgan fingerprint density at radius 1 is 1.00 bits per heavy atom. The minimum atomic E-state index is -0.0238. The van der Waals surface area contributed by atoms with Crippen molar-refractivity contribution in [2.75, 3.05) is 16.8 Å². The lowest BCUT2D eigenvalue weighted by atomic mass is 10.0. The summed E-state index contributed by atoms with van der Waals surface area (Å²) in [5.74, 6) is -0.0238. The summed E-state index contributed by atoms with van der Waals surface area (Å²) < 4.78 is 0. The van der Waals surface area contributed by atoms with Crippen LogP contribution in [0.4, 0.5) is 17.1 Å². The maximum atomic E-state index is 13.2. The van der Waals surface area contributed by atoms with Gasteiger partial charge in [0.2, 0.25) is 0 Å². The summed E-state index contributed by atoms with van der Waals surface area (Å²) in [5.41, 5.74) is 5.32. The summed E-state index contributed by atoms with van der Waals surface area (Å²) in [6.07, 6.45) is 7.11. The van der Waals surface area contributed by atoms with E-state index in [1.165, 1.54) is 5.56 Å². The number of carbonyl (C=O) groups is 1. The van der Waals surface area contributed by atoms with E-state index < -0.39 is 0 Å². The van der Waals surface area contributed by atoms with Gasteiger partial charge < -0.3 is 10.2 Å². The van der Waals surface area contributed by atoms with Crippen molar-refractivity contribution >= 4 is 33.9 Å². The van der Waals surface area contributed by atoms with Crippen LogP contribution in [0.3, 0.4) is 0 Å². The molecule has 142 valence electrons. The summed E-state index contributed by atoms with van der Waals surface area (Å²) in [7, 11) is 0. The van der Waals surface area contributed by atoms with Gasteiger partial charge in [0.25, 0.3) is 5.91 Å². The molecule has 3 heterocycles. The summed E-state index contributed by atoms with van der Waals surface area (Å²) in [6.45, 7) is 0.723. The molecule has 0 atom stereocenters. The van der Waals surface area contributed by atoms with Crippen molar-refractivity contribution in [3.63, 3.8) is 0 Å². The molecule has 2 aromatic carbocycles. The first kappa shape index (κ1) is 17.4. The van der Waals surface area contributed by atoms with Gasteiger partial charge in [0.1, 0.15) is 0 Å². The van der Waals surface area contributed by atoms with Crippen molar-refractivity contribution in [3.8, 4) is 0 Å². The maximum absolute atomic E-state index is 13.2. The van der Waals surface area contributed by atoms with Gasteiger partial charge in [-0.1, -0.05) is 36.4 Å². The minimum Gasteiger partial charge on any atom is -0.352 e. The van der Waals surface area contributed by atoms with E-state index >= 15 is 0 Å². The number of para-hydroxylation sites is 2. The third-order valence-corrected chi connectivity index (χ3v) is 5.25. The fraction of sp³-hybridized carbons (Fsp3) is 0.125. The zero-order chi connectivity index (χ0) is 19.6. The monoisotopic (exact) mass is 380 g/mol. The van der Waals surface area contributed by atoms with Gasteiger partial charge in [0.15, 0.2) is 0 Å². The smallest absolute Gasteiger partial charge is 0.259 e. The minimum absolute atomic E-state index is 0.0238. The summed E-state index contributed by atoms with van der Waals surface area (Å²) in [6, 6.07) is 19.9. The first-order valence-corrected chi connectivity index (χ1v) is 9.75. The second-order valence-corrected chi connectivity index (χ2v) is 7.16. The number of carbonyl (C=O) groups excluding carboxylic acids is 1. The SMILES string of the molecule is O=C(c1cncc(Nc2cccc3cccnc23)c1)N1CCCc2ccccc21. The van der Waals surface area contributed by atoms with Crippen LogP contribution in [0.15, 0.2) is 79.3 Å². The maximum Gasteiger partial charge on any atom is 0.259 e. The number of amides is 1. The number of anilines is 3. The molecule has 1 aliphatic rings. The van der Waals surface area contributed by atoms with Crippen LogP contribution >= 0.6 is 0 Å². The van der Waals surface area contributed by atoms with Crippen molar-refractivity contribution in [1.29, 1.82) is 0 Å². The molecule has 4 aromatic rings. The molecule has 0 bridgehead atoms. The first-order chi connectivity index (χ1) is 14.3. The summed E-state index contributed by atoms with van der Waals surface area (Å²) in [4.78, 5) is 23.9. The number of rotatable bonds is 3. The molecule has 0 spiro atoms. The Kier molecular flexibility index (Phi) is 4.41. The summed E-state index contributed by atoms with van der Waals surface area (Å²) >= 11 is 0. The molecule has 0 fully saturated rings. The Morgan fingerprint density at radius 3 is 2.86 bits per heavy atom. The fourth-order valence-electron chi connectivity index (χ4n) is 3.89. The molecule has 1 aliphatic heterocycles. The highest BCUT2D eigenvalue weighted by Crippen LogP contribution is 2.29. The normalized spacial score (nSPS) is 13.2. The number of pyridine rings is 2. The van der Waals surface area contributed by atoms with Crippen LogP contribution in [-0.4, -0.2) is 22.4 Å². The molecule has 29 heavy (non-hydrogen) atoms. The van der Waals surface area contributed by atoms with Gasteiger partial charge in [-0.3, -0.25) is 14.8 Å². The third kappa shape index (κ3) is 3.31. The molecule has 5 nitrogen and oxygen atoms in total. The van der Waals surface area contributed by atoms with Gasteiger partial charge in [0.05, 0.1) is 28.7 Å². The van der Waals surface area contributed by atoms with Crippen LogP contribution in [0, 0.1) is 0 Å². The molecule has 0 aliphatic carbocycles. The molecule has 5 heteroatoms. The Labute approximate surface area is 169 Å².